The van der Waals surface area contributed by atoms with Gasteiger partial charge in [0.2, 0.25) is 0 Å². The number of aromatic nitrogens is 3. The molecule has 2 aromatic rings. The third kappa shape index (κ3) is 2.47. The maximum Gasteiger partial charge on any atom is 0.180 e. The zero-order valence-corrected chi connectivity index (χ0v) is 12.4. The second-order valence-corrected chi connectivity index (χ2v) is 5.56. The Morgan fingerprint density at radius 3 is 2.74 bits per heavy atom. The molecule has 0 fully saturated rings. The van der Waals surface area contributed by atoms with Crippen LogP contribution in [0, 0.1) is 0 Å². The molecular weight excluding hydrogens is 304 g/mol. The summed E-state index contributed by atoms with van der Waals surface area (Å²) in [6.45, 7) is 0. The Labute approximate surface area is 120 Å². The van der Waals surface area contributed by atoms with E-state index in [1.165, 1.54) is 24.1 Å². The molecule has 3 rings (SSSR count). The van der Waals surface area contributed by atoms with Gasteiger partial charge in [0.05, 0.1) is 0 Å². The van der Waals surface area contributed by atoms with E-state index in [-0.39, 0.29) is 0 Å². The molecule has 0 atom stereocenters. The van der Waals surface area contributed by atoms with Gasteiger partial charge >= 0.3 is 0 Å². The summed E-state index contributed by atoms with van der Waals surface area (Å²) in [4.78, 5) is 13.7. The van der Waals surface area contributed by atoms with Crippen LogP contribution in [0.5, 0.6) is 0 Å². The molecule has 19 heavy (non-hydrogen) atoms. The van der Waals surface area contributed by atoms with E-state index in [1.54, 1.807) is 6.20 Å². The second kappa shape index (κ2) is 5.25. The number of pyridine rings is 1. The average molecular weight is 319 g/mol. The van der Waals surface area contributed by atoms with Gasteiger partial charge in [0.15, 0.2) is 5.82 Å². The topological polar surface area (TPSA) is 50.7 Å². The van der Waals surface area contributed by atoms with Gasteiger partial charge in [-0.05, 0) is 53.7 Å². The summed E-state index contributed by atoms with van der Waals surface area (Å²) in [5, 5.41) is 3.19. The molecule has 1 aliphatic rings. The third-order valence-corrected chi connectivity index (χ3v) is 3.85. The van der Waals surface area contributed by atoms with Gasteiger partial charge in [-0.1, -0.05) is 0 Å². The van der Waals surface area contributed by atoms with Crippen molar-refractivity contribution in [3.05, 3.63) is 34.1 Å². The van der Waals surface area contributed by atoms with Gasteiger partial charge in [-0.2, -0.15) is 0 Å². The van der Waals surface area contributed by atoms with Crippen molar-refractivity contribution in [1.82, 2.24) is 15.0 Å². The van der Waals surface area contributed by atoms with E-state index >= 15 is 0 Å². The molecule has 0 bridgehead atoms. The van der Waals surface area contributed by atoms with Crippen LogP contribution in [0.1, 0.15) is 24.1 Å². The van der Waals surface area contributed by atoms with Gasteiger partial charge in [0.1, 0.15) is 11.5 Å². The fraction of sp³-hybridized carbons (Fsp3) is 0.357. The molecule has 0 saturated carbocycles. The molecule has 0 aliphatic heterocycles. The quantitative estimate of drug-likeness (QED) is 0.923. The first-order valence-corrected chi connectivity index (χ1v) is 7.26. The maximum atomic E-state index is 4.69. The van der Waals surface area contributed by atoms with Crippen molar-refractivity contribution in [3.8, 4) is 11.5 Å². The normalized spacial score (nSPS) is 14.0. The van der Waals surface area contributed by atoms with Gasteiger partial charge in [0, 0.05) is 29.0 Å². The van der Waals surface area contributed by atoms with Gasteiger partial charge in [-0.25, -0.2) is 9.97 Å². The Morgan fingerprint density at radius 1 is 1.16 bits per heavy atom. The van der Waals surface area contributed by atoms with Crippen LogP contribution >= 0.6 is 15.9 Å². The predicted octanol–water partition coefficient (Wildman–Crippen LogP) is 3.22. The van der Waals surface area contributed by atoms with Crippen molar-refractivity contribution in [2.45, 2.75) is 25.7 Å². The molecule has 0 unspecified atom stereocenters. The lowest BCUT2D eigenvalue weighted by molar-refractivity contribution is 0.665. The molecule has 0 radical (unpaired) electrons. The molecule has 0 saturated heterocycles. The SMILES string of the molecule is CNc1nc(-c2ccc(Br)cn2)nc2c1CCCC2. The molecule has 98 valence electrons. The van der Waals surface area contributed by atoms with E-state index in [9.17, 15) is 0 Å². The van der Waals surface area contributed by atoms with Crippen LogP contribution in [0.4, 0.5) is 5.82 Å². The number of anilines is 1. The molecule has 1 aliphatic carbocycles. The van der Waals surface area contributed by atoms with Crippen molar-refractivity contribution in [1.29, 1.82) is 0 Å². The molecule has 0 amide bonds. The monoisotopic (exact) mass is 318 g/mol. The van der Waals surface area contributed by atoms with Crippen molar-refractivity contribution >= 4 is 21.7 Å². The summed E-state index contributed by atoms with van der Waals surface area (Å²) in [7, 11) is 1.91. The van der Waals surface area contributed by atoms with Gasteiger partial charge in [-0.3, -0.25) is 4.98 Å². The third-order valence-electron chi connectivity index (χ3n) is 3.38. The second-order valence-electron chi connectivity index (χ2n) is 4.64. The van der Waals surface area contributed by atoms with Crippen LogP contribution in [0.15, 0.2) is 22.8 Å². The first-order valence-electron chi connectivity index (χ1n) is 6.47. The molecule has 0 aromatic carbocycles. The first-order chi connectivity index (χ1) is 9.28. The summed E-state index contributed by atoms with van der Waals surface area (Å²) < 4.78 is 0.961. The Morgan fingerprint density at radius 2 is 2.00 bits per heavy atom. The van der Waals surface area contributed by atoms with Crippen LogP contribution in [-0.4, -0.2) is 22.0 Å². The summed E-state index contributed by atoms with van der Waals surface area (Å²) in [5.41, 5.74) is 3.26. The zero-order valence-electron chi connectivity index (χ0n) is 10.8. The van der Waals surface area contributed by atoms with E-state index in [4.69, 9.17) is 4.98 Å². The number of hydrogen-bond donors (Lipinski definition) is 1. The zero-order chi connectivity index (χ0) is 13.2. The molecule has 1 N–H and O–H groups in total. The van der Waals surface area contributed by atoms with Crippen molar-refractivity contribution < 1.29 is 0 Å². The van der Waals surface area contributed by atoms with Gasteiger partial charge < -0.3 is 5.32 Å². The Balaban J connectivity index is 2.09. The minimum Gasteiger partial charge on any atom is -0.373 e. The number of aryl methyl sites for hydroxylation is 1. The highest BCUT2D eigenvalue weighted by Crippen LogP contribution is 2.27. The largest absolute Gasteiger partial charge is 0.373 e. The summed E-state index contributed by atoms with van der Waals surface area (Å²) in [5.74, 6) is 1.65. The van der Waals surface area contributed by atoms with Crippen molar-refractivity contribution in [3.63, 3.8) is 0 Å². The van der Waals surface area contributed by atoms with Gasteiger partial charge in [-0.15, -0.1) is 0 Å². The first kappa shape index (κ1) is 12.5. The van der Waals surface area contributed by atoms with E-state index in [1.807, 2.05) is 19.2 Å². The lowest BCUT2D eigenvalue weighted by atomic mass is 9.96. The van der Waals surface area contributed by atoms with Crippen LogP contribution in [-0.2, 0) is 12.8 Å². The van der Waals surface area contributed by atoms with E-state index < -0.39 is 0 Å². The maximum absolute atomic E-state index is 4.69. The number of fused-ring (bicyclic) bond motifs is 1. The number of nitrogens with one attached hydrogen (secondary N) is 1. The summed E-state index contributed by atoms with van der Waals surface area (Å²) in [6.07, 6.45) is 6.31. The minimum atomic E-state index is 0.706. The molecule has 2 heterocycles. The predicted molar refractivity (Wildman–Crippen MR) is 79.2 cm³/mol. The summed E-state index contributed by atoms with van der Waals surface area (Å²) >= 11 is 3.39. The highest BCUT2D eigenvalue weighted by molar-refractivity contribution is 9.10. The van der Waals surface area contributed by atoms with E-state index in [2.05, 4.69) is 31.2 Å². The molecular formula is C14H15BrN4. The van der Waals surface area contributed by atoms with Crippen molar-refractivity contribution in [2.24, 2.45) is 0 Å². The molecule has 5 heteroatoms. The highest BCUT2D eigenvalue weighted by atomic mass is 79.9. The van der Waals surface area contributed by atoms with Crippen molar-refractivity contribution in [2.75, 3.05) is 12.4 Å². The van der Waals surface area contributed by atoms with Crippen LogP contribution in [0.3, 0.4) is 0 Å². The standard InChI is InChI=1S/C14H15BrN4/c1-16-13-10-4-2-3-5-11(10)18-14(19-13)12-7-6-9(15)8-17-12/h6-8H,2-5H2,1H3,(H,16,18,19). The van der Waals surface area contributed by atoms with Gasteiger partial charge in [0.25, 0.3) is 0 Å². The fourth-order valence-corrected chi connectivity index (χ4v) is 2.66. The number of nitrogens with zero attached hydrogens (tertiary/aromatic N) is 3. The number of rotatable bonds is 2. The lowest BCUT2D eigenvalue weighted by Gasteiger charge is -2.18. The highest BCUT2D eigenvalue weighted by Gasteiger charge is 2.18. The number of hydrogen-bond acceptors (Lipinski definition) is 4. The summed E-state index contributed by atoms with van der Waals surface area (Å²) in [6, 6.07) is 3.90. The van der Waals surface area contributed by atoms with Crippen LogP contribution in [0.2, 0.25) is 0 Å². The fourth-order valence-electron chi connectivity index (χ4n) is 2.42. The lowest BCUT2D eigenvalue weighted by Crippen LogP contribution is -2.12. The molecule has 2 aromatic heterocycles. The Kier molecular flexibility index (Phi) is 3.46. The Bertz CT molecular complexity index is 578. The average Bonchev–Trinajstić information content (AvgIpc) is 2.47. The molecule has 4 nitrogen and oxygen atoms in total. The Hall–Kier alpha value is -1.49. The van der Waals surface area contributed by atoms with E-state index in [0.717, 1.165) is 28.8 Å². The number of halogens is 1. The smallest absolute Gasteiger partial charge is 0.180 e. The molecule has 0 spiro atoms. The van der Waals surface area contributed by atoms with Crippen LogP contribution in [0.25, 0.3) is 11.5 Å². The van der Waals surface area contributed by atoms with Crippen LogP contribution < -0.4 is 5.32 Å². The minimum absolute atomic E-state index is 0.706. The van der Waals surface area contributed by atoms with E-state index in [0.29, 0.717) is 5.82 Å².